The molecule has 1 aliphatic carbocycles. The highest BCUT2D eigenvalue weighted by Gasteiger charge is 2.22. The number of carbonyl (C=O) groups excluding carboxylic acids is 1. The van der Waals surface area contributed by atoms with Crippen molar-refractivity contribution in [2.45, 2.75) is 26.2 Å². The molecule has 0 heterocycles. The zero-order chi connectivity index (χ0) is 9.26. The Bertz CT molecular complexity index is 328. The Morgan fingerprint density at radius 2 is 2.08 bits per heavy atom. The summed E-state index contributed by atoms with van der Waals surface area (Å²) in [4.78, 5) is 11.7. The van der Waals surface area contributed by atoms with E-state index in [0.717, 1.165) is 24.8 Å². The van der Waals surface area contributed by atoms with Crippen molar-refractivity contribution in [1.29, 1.82) is 0 Å². The molecule has 0 fully saturated rings. The smallest absolute Gasteiger partial charge is 0.163 e. The Morgan fingerprint density at radius 3 is 2.85 bits per heavy atom. The third-order valence-corrected chi connectivity index (χ3v) is 2.88. The van der Waals surface area contributed by atoms with Crippen LogP contribution in [-0.4, -0.2) is 5.78 Å². The molecule has 1 unspecified atom stereocenters. The van der Waals surface area contributed by atoms with Crippen LogP contribution in [0.4, 0.5) is 0 Å². The van der Waals surface area contributed by atoms with Crippen molar-refractivity contribution >= 4 is 5.78 Å². The highest BCUT2D eigenvalue weighted by molar-refractivity contribution is 5.98. The van der Waals surface area contributed by atoms with Crippen LogP contribution in [0.2, 0.25) is 0 Å². The summed E-state index contributed by atoms with van der Waals surface area (Å²) in [7, 11) is 0. The molecule has 0 bridgehead atoms. The Kier molecular flexibility index (Phi) is 2.17. The number of fused-ring (bicyclic) bond motifs is 1. The average Bonchev–Trinajstić information content (AvgIpc) is 2.18. The summed E-state index contributed by atoms with van der Waals surface area (Å²) in [6.07, 6.45) is 2.94. The molecule has 0 aliphatic heterocycles. The summed E-state index contributed by atoms with van der Waals surface area (Å²) < 4.78 is 0. The summed E-state index contributed by atoms with van der Waals surface area (Å²) in [5.74, 6) is 0.899. The summed E-state index contributed by atoms with van der Waals surface area (Å²) in [5.41, 5.74) is 2.19. The van der Waals surface area contributed by atoms with Crippen LogP contribution in [0.15, 0.2) is 24.3 Å². The van der Waals surface area contributed by atoms with Crippen LogP contribution in [-0.2, 0) is 6.42 Å². The maximum atomic E-state index is 11.7. The predicted octanol–water partition coefficient (Wildman–Crippen LogP) is 2.84. The van der Waals surface area contributed by atoms with Crippen LogP contribution in [0.5, 0.6) is 0 Å². The van der Waals surface area contributed by atoms with Gasteiger partial charge in [0, 0.05) is 12.0 Å². The average molecular weight is 174 g/mol. The maximum absolute atomic E-state index is 11.7. The number of carbonyl (C=O) groups is 1. The molecule has 68 valence electrons. The zero-order valence-electron chi connectivity index (χ0n) is 7.92. The van der Waals surface area contributed by atoms with E-state index >= 15 is 0 Å². The Balaban J connectivity index is 2.37. The second-order valence-electron chi connectivity index (χ2n) is 3.76. The van der Waals surface area contributed by atoms with E-state index in [4.69, 9.17) is 0 Å². The fraction of sp³-hybridized carbons (Fsp3) is 0.417. The first-order valence-corrected chi connectivity index (χ1v) is 4.92. The van der Waals surface area contributed by atoms with Crippen molar-refractivity contribution in [1.82, 2.24) is 0 Å². The molecule has 0 saturated carbocycles. The lowest BCUT2D eigenvalue weighted by Gasteiger charge is -2.21. The number of Topliss-reactive ketones (excluding diaryl/α,β-unsaturated/α-hetero) is 1. The highest BCUT2D eigenvalue weighted by Crippen LogP contribution is 2.26. The van der Waals surface area contributed by atoms with E-state index in [1.165, 1.54) is 5.56 Å². The molecule has 1 nitrogen and oxygen atoms in total. The van der Waals surface area contributed by atoms with Gasteiger partial charge in [-0.05, 0) is 17.9 Å². The molecule has 1 aliphatic rings. The molecule has 1 heteroatoms. The van der Waals surface area contributed by atoms with E-state index in [0.29, 0.717) is 11.7 Å². The number of ketones is 1. The van der Waals surface area contributed by atoms with Gasteiger partial charge < -0.3 is 0 Å². The molecule has 0 radical (unpaired) electrons. The maximum Gasteiger partial charge on any atom is 0.163 e. The monoisotopic (exact) mass is 174 g/mol. The van der Waals surface area contributed by atoms with Crippen LogP contribution in [0.25, 0.3) is 0 Å². The molecule has 2 rings (SSSR count). The second kappa shape index (κ2) is 3.33. The number of benzene rings is 1. The molecule has 13 heavy (non-hydrogen) atoms. The highest BCUT2D eigenvalue weighted by atomic mass is 16.1. The van der Waals surface area contributed by atoms with E-state index in [1.807, 2.05) is 18.2 Å². The van der Waals surface area contributed by atoms with Crippen molar-refractivity contribution in [3.05, 3.63) is 35.4 Å². The molecule has 0 saturated heterocycles. The first-order valence-electron chi connectivity index (χ1n) is 4.92. The van der Waals surface area contributed by atoms with E-state index in [2.05, 4.69) is 13.0 Å². The fourth-order valence-electron chi connectivity index (χ4n) is 2.01. The third kappa shape index (κ3) is 1.51. The van der Waals surface area contributed by atoms with Crippen LogP contribution in [0, 0.1) is 5.92 Å². The van der Waals surface area contributed by atoms with E-state index in [9.17, 15) is 4.79 Å². The van der Waals surface area contributed by atoms with Gasteiger partial charge in [-0.25, -0.2) is 0 Å². The van der Waals surface area contributed by atoms with Gasteiger partial charge in [0.25, 0.3) is 0 Å². The van der Waals surface area contributed by atoms with Gasteiger partial charge in [0.15, 0.2) is 5.78 Å². The Hall–Kier alpha value is -1.11. The minimum absolute atomic E-state index is 0.328. The summed E-state index contributed by atoms with van der Waals surface area (Å²) in [6.45, 7) is 2.16. The van der Waals surface area contributed by atoms with Gasteiger partial charge >= 0.3 is 0 Å². The minimum Gasteiger partial charge on any atom is -0.294 e. The van der Waals surface area contributed by atoms with Crippen molar-refractivity contribution < 1.29 is 4.79 Å². The first kappa shape index (κ1) is 8.49. The Labute approximate surface area is 78.8 Å². The lowest BCUT2D eigenvalue weighted by molar-refractivity contribution is 0.0947. The van der Waals surface area contributed by atoms with Gasteiger partial charge in [-0.1, -0.05) is 37.6 Å². The van der Waals surface area contributed by atoms with Gasteiger partial charge in [0.05, 0.1) is 0 Å². The van der Waals surface area contributed by atoms with Crippen molar-refractivity contribution in [2.24, 2.45) is 5.92 Å². The lowest BCUT2D eigenvalue weighted by atomic mass is 9.82. The largest absolute Gasteiger partial charge is 0.294 e. The van der Waals surface area contributed by atoms with Crippen LogP contribution in [0.3, 0.4) is 0 Å². The van der Waals surface area contributed by atoms with Gasteiger partial charge in [-0.15, -0.1) is 0 Å². The van der Waals surface area contributed by atoms with E-state index in [1.54, 1.807) is 0 Å². The number of hydrogen-bond acceptors (Lipinski definition) is 1. The van der Waals surface area contributed by atoms with Crippen molar-refractivity contribution in [3.8, 4) is 0 Å². The van der Waals surface area contributed by atoms with Crippen molar-refractivity contribution in [3.63, 3.8) is 0 Å². The van der Waals surface area contributed by atoms with Crippen LogP contribution in [0.1, 0.15) is 35.7 Å². The van der Waals surface area contributed by atoms with Gasteiger partial charge in [0.2, 0.25) is 0 Å². The van der Waals surface area contributed by atoms with E-state index in [-0.39, 0.29) is 0 Å². The topological polar surface area (TPSA) is 17.1 Å². The van der Waals surface area contributed by atoms with Gasteiger partial charge in [-0.3, -0.25) is 4.79 Å². The minimum atomic E-state index is 0.328. The van der Waals surface area contributed by atoms with Gasteiger partial charge in [0.1, 0.15) is 0 Å². The molecular formula is C12H14O. The fourth-order valence-corrected chi connectivity index (χ4v) is 2.01. The third-order valence-electron chi connectivity index (χ3n) is 2.88. The van der Waals surface area contributed by atoms with Crippen LogP contribution >= 0.6 is 0 Å². The van der Waals surface area contributed by atoms with E-state index < -0.39 is 0 Å². The summed E-state index contributed by atoms with van der Waals surface area (Å²) in [5, 5.41) is 0. The molecule has 0 aromatic heterocycles. The predicted molar refractivity (Wildman–Crippen MR) is 52.9 cm³/mol. The van der Waals surface area contributed by atoms with Gasteiger partial charge in [-0.2, -0.15) is 0 Å². The van der Waals surface area contributed by atoms with Crippen LogP contribution < -0.4 is 0 Å². The quantitative estimate of drug-likeness (QED) is 0.639. The molecule has 0 amide bonds. The molecule has 1 atom stereocenters. The molecule has 0 spiro atoms. The standard InChI is InChI=1S/C12H14O/c1-2-9-7-10-5-3-4-6-11(10)12(13)8-9/h3-6,9H,2,7-8H2,1H3. The zero-order valence-corrected chi connectivity index (χ0v) is 7.92. The SMILES string of the molecule is CCC1CC(=O)c2ccccc2C1. The summed E-state index contributed by atoms with van der Waals surface area (Å²) in [6, 6.07) is 7.99. The second-order valence-corrected chi connectivity index (χ2v) is 3.76. The number of hydrogen-bond donors (Lipinski definition) is 0. The molecular weight excluding hydrogens is 160 g/mol. The number of rotatable bonds is 1. The molecule has 1 aromatic carbocycles. The normalized spacial score (nSPS) is 21.3. The Morgan fingerprint density at radius 1 is 1.31 bits per heavy atom. The molecule has 0 N–H and O–H groups in total. The molecule has 1 aromatic rings. The van der Waals surface area contributed by atoms with Crippen molar-refractivity contribution in [2.75, 3.05) is 0 Å². The first-order chi connectivity index (χ1) is 6.31. The summed E-state index contributed by atoms with van der Waals surface area (Å²) >= 11 is 0. The lowest BCUT2D eigenvalue weighted by Crippen LogP contribution is -2.19.